The predicted molar refractivity (Wildman–Crippen MR) is 87.0 cm³/mol. The molecule has 3 heteroatoms. The number of rotatable bonds is 3. The van der Waals surface area contributed by atoms with Crippen LogP contribution in [0.2, 0.25) is 5.02 Å². The van der Waals surface area contributed by atoms with Gasteiger partial charge in [0.15, 0.2) is 0 Å². The summed E-state index contributed by atoms with van der Waals surface area (Å²) in [6.07, 6.45) is 3.50. The molecule has 1 aliphatic heterocycles. The fourth-order valence-electron chi connectivity index (χ4n) is 2.86. The largest absolute Gasteiger partial charge is 0.329 e. The van der Waals surface area contributed by atoms with Crippen LogP contribution >= 0.6 is 11.6 Å². The molecule has 20 heavy (non-hydrogen) atoms. The molecular weight excluding hydrogens is 268 g/mol. The first-order valence-corrected chi connectivity index (χ1v) is 7.68. The van der Waals surface area contributed by atoms with Crippen LogP contribution in [0.4, 0.5) is 0 Å². The van der Waals surface area contributed by atoms with Crippen LogP contribution in [0.15, 0.2) is 35.9 Å². The summed E-state index contributed by atoms with van der Waals surface area (Å²) in [7, 11) is 0. The highest BCUT2D eigenvalue weighted by atomic mass is 35.5. The maximum atomic E-state index is 6.10. The summed E-state index contributed by atoms with van der Waals surface area (Å²) < 4.78 is 0. The number of hydrogen-bond acceptors (Lipinski definition) is 2. The van der Waals surface area contributed by atoms with E-state index in [0.29, 0.717) is 6.54 Å². The highest BCUT2D eigenvalue weighted by Gasteiger charge is 2.25. The third-order valence-corrected chi connectivity index (χ3v) is 4.34. The second-order valence-electron chi connectivity index (χ2n) is 6.53. The van der Waals surface area contributed by atoms with Crippen molar-refractivity contribution in [1.29, 1.82) is 0 Å². The Labute approximate surface area is 127 Å². The number of halogens is 1. The van der Waals surface area contributed by atoms with Gasteiger partial charge in [0.2, 0.25) is 0 Å². The summed E-state index contributed by atoms with van der Waals surface area (Å²) in [5, 5.41) is 0.781. The zero-order valence-corrected chi connectivity index (χ0v) is 13.5. The lowest BCUT2D eigenvalue weighted by Crippen LogP contribution is -2.38. The molecule has 0 amide bonds. The lowest BCUT2D eigenvalue weighted by atomic mass is 9.82. The van der Waals surface area contributed by atoms with Gasteiger partial charge in [-0.3, -0.25) is 4.90 Å². The molecule has 1 heterocycles. The Kier molecular flexibility index (Phi) is 4.90. The van der Waals surface area contributed by atoms with E-state index in [2.05, 4.69) is 37.8 Å². The van der Waals surface area contributed by atoms with Crippen LogP contribution in [-0.4, -0.2) is 24.5 Å². The molecule has 0 bridgehead atoms. The standard InChI is InChI=1S/C17H25ClN2/c1-17(2,3)14-7-9-20(10-8-14)16(12-19)13-5-4-6-15(18)11-13/h4-7,11,16H,8-10,12,19H2,1-3H3. The molecule has 0 radical (unpaired) electrons. The Morgan fingerprint density at radius 2 is 2.10 bits per heavy atom. The first-order valence-electron chi connectivity index (χ1n) is 7.31. The van der Waals surface area contributed by atoms with Gasteiger partial charge < -0.3 is 5.73 Å². The Balaban J connectivity index is 2.13. The lowest BCUT2D eigenvalue weighted by molar-refractivity contribution is 0.209. The third kappa shape index (κ3) is 3.63. The second-order valence-corrected chi connectivity index (χ2v) is 6.97. The van der Waals surface area contributed by atoms with Crippen molar-refractivity contribution in [3.63, 3.8) is 0 Å². The SMILES string of the molecule is CC(C)(C)C1=CCN(C(CN)c2cccc(Cl)c2)CC1. The average Bonchev–Trinajstić information content (AvgIpc) is 2.39. The quantitative estimate of drug-likeness (QED) is 0.853. The molecule has 0 aliphatic carbocycles. The van der Waals surface area contributed by atoms with E-state index < -0.39 is 0 Å². The van der Waals surface area contributed by atoms with Crippen LogP contribution in [0, 0.1) is 5.41 Å². The maximum Gasteiger partial charge on any atom is 0.0474 e. The monoisotopic (exact) mass is 292 g/mol. The maximum absolute atomic E-state index is 6.10. The molecule has 0 aromatic heterocycles. The minimum Gasteiger partial charge on any atom is -0.329 e. The van der Waals surface area contributed by atoms with Gasteiger partial charge in [0.05, 0.1) is 0 Å². The molecule has 2 rings (SSSR count). The molecule has 0 spiro atoms. The van der Waals surface area contributed by atoms with Crippen molar-refractivity contribution < 1.29 is 0 Å². The minimum absolute atomic E-state index is 0.256. The molecule has 1 atom stereocenters. The zero-order valence-electron chi connectivity index (χ0n) is 12.7. The van der Waals surface area contributed by atoms with Crippen molar-refractivity contribution in [3.05, 3.63) is 46.5 Å². The van der Waals surface area contributed by atoms with Gasteiger partial charge in [-0.05, 0) is 29.5 Å². The molecular formula is C17H25ClN2. The molecule has 2 N–H and O–H groups in total. The number of benzene rings is 1. The van der Waals surface area contributed by atoms with E-state index in [0.717, 1.165) is 24.5 Å². The van der Waals surface area contributed by atoms with Crippen molar-refractivity contribution in [1.82, 2.24) is 4.90 Å². The number of nitrogens with zero attached hydrogens (tertiary/aromatic N) is 1. The van der Waals surface area contributed by atoms with Crippen molar-refractivity contribution >= 4 is 11.6 Å². The highest BCUT2D eigenvalue weighted by Crippen LogP contribution is 2.32. The van der Waals surface area contributed by atoms with E-state index in [1.165, 1.54) is 5.56 Å². The summed E-state index contributed by atoms with van der Waals surface area (Å²) in [4.78, 5) is 2.45. The zero-order chi connectivity index (χ0) is 14.8. The van der Waals surface area contributed by atoms with E-state index in [9.17, 15) is 0 Å². The number of nitrogens with two attached hydrogens (primary N) is 1. The average molecular weight is 293 g/mol. The van der Waals surface area contributed by atoms with E-state index in [1.807, 2.05) is 18.2 Å². The third-order valence-electron chi connectivity index (χ3n) is 4.10. The normalized spacial score (nSPS) is 18.8. The van der Waals surface area contributed by atoms with Gasteiger partial charge >= 0.3 is 0 Å². The summed E-state index contributed by atoms with van der Waals surface area (Å²) in [6.45, 7) is 9.52. The van der Waals surface area contributed by atoms with E-state index in [1.54, 1.807) is 5.57 Å². The lowest BCUT2D eigenvalue weighted by Gasteiger charge is -2.36. The van der Waals surface area contributed by atoms with Crippen LogP contribution in [0.25, 0.3) is 0 Å². The fraction of sp³-hybridized carbons (Fsp3) is 0.529. The summed E-state index contributed by atoms with van der Waals surface area (Å²) in [5.74, 6) is 0. The first-order chi connectivity index (χ1) is 9.41. The van der Waals surface area contributed by atoms with E-state index >= 15 is 0 Å². The van der Waals surface area contributed by atoms with Crippen LogP contribution < -0.4 is 5.73 Å². The van der Waals surface area contributed by atoms with Gasteiger partial charge in [-0.2, -0.15) is 0 Å². The van der Waals surface area contributed by atoms with E-state index in [-0.39, 0.29) is 11.5 Å². The minimum atomic E-state index is 0.256. The highest BCUT2D eigenvalue weighted by molar-refractivity contribution is 6.30. The Morgan fingerprint density at radius 1 is 1.35 bits per heavy atom. The van der Waals surface area contributed by atoms with Gasteiger partial charge in [-0.25, -0.2) is 0 Å². The molecule has 110 valence electrons. The second kappa shape index (κ2) is 6.30. The van der Waals surface area contributed by atoms with Gasteiger partial charge in [-0.1, -0.05) is 56.2 Å². The van der Waals surface area contributed by atoms with Crippen LogP contribution in [0.5, 0.6) is 0 Å². The molecule has 0 saturated heterocycles. The summed E-state index contributed by atoms with van der Waals surface area (Å²) in [5.41, 5.74) is 9.05. The smallest absolute Gasteiger partial charge is 0.0474 e. The molecule has 0 saturated carbocycles. The van der Waals surface area contributed by atoms with Crippen molar-refractivity contribution in [3.8, 4) is 0 Å². The molecule has 1 aromatic rings. The topological polar surface area (TPSA) is 29.3 Å². The van der Waals surface area contributed by atoms with E-state index in [4.69, 9.17) is 17.3 Å². The van der Waals surface area contributed by atoms with Gasteiger partial charge in [0.25, 0.3) is 0 Å². The molecule has 1 aromatic carbocycles. The Morgan fingerprint density at radius 3 is 2.60 bits per heavy atom. The number of hydrogen-bond donors (Lipinski definition) is 1. The molecule has 1 unspecified atom stereocenters. The van der Waals surface area contributed by atoms with Gasteiger partial charge in [-0.15, -0.1) is 0 Å². The molecule has 1 aliphatic rings. The van der Waals surface area contributed by atoms with Crippen molar-refractivity contribution in [2.45, 2.75) is 33.2 Å². The molecule has 2 nitrogen and oxygen atoms in total. The van der Waals surface area contributed by atoms with Crippen molar-refractivity contribution in [2.75, 3.05) is 19.6 Å². The summed E-state index contributed by atoms with van der Waals surface area (Å²) in [6, 6.07) is 8.31. The first kappa shape index (κ1) is 15.6. The predicted octanol–water partition coefficient (Wildman–Crippen LogP) is 4.02. The van der Waals surface area contributed by atoms with Crippen LogP contribution in [0.1, 0.15) is 38.8 Å². The Bertz CT molecular complexity index is 488. The van der Waals surface area contributed by atoms with Crippen molar-refractivity contribution in [2.24, 2.45) is 11.1 Å². The van der Waals surface area contributed by atoms with Crippen LogP contribution in [0.3, 0.4) is 0 Å². The van der Waals surface area contributed by atoms with Crippen LogP contribution in [-0.2, 0) is 0 Å². The van der Waals surface area contributed by atoms with Gasteiger partial charge in [0.1, 0.15) is 0 Å². The van der Waals surface area contributed by atoms with Gasteiger partial charge in [0, 0.05) is 30.7 Å². The Hall–Kier alpha value is -0.830. The summed E-state index contributed by atoms with van der Waals surface area (Å²) >= 11 is 6.10. The molecule has 0 fully saturated rings. The fourth-order valence-corrected chi connectivity index (χ4v) is 3.06.